The van der Waals surface area contributed by atoms with Crippen LogP contribution in [0.1, 0.15) is 49.1 Å². The van der Waals surface area contributed by atoms with Gasteiger partial charge in [-0.15, -0.1) is 24.8 Å². The van der Waals surface area contributed by atoms with Crippen molar-refractivity contribution in [3.8, 4) is 6.07 Å². The second-order valence-electron chi connectivity index (χ2n) is 7.00. The minimum absolute atomic E-state index is 0. The van der Waals surface area contributed by atoms with Gasteiger partial charge in [-0.2, -0.15) is 5.26 Å². The highest BCUT2D eigenvalue weighted by molar-refractivity contribution is 5.85. The van der Waals surface area contributed by atoms with Gasteiger partial charge in [0.25, 0.3) is 0 Å². The molecule has 1 aromatic rings. The maximum Gasteiger partial charge on any atom is 0.0991 e. The first kappa shape index (κ1) is 22.2. The van der Waals surface area contributed by atoms with Gasteiger partial charge in [0.15, 0.2) is 0 Å². The molecule has 0 aromatic heterocycles. The van der Waals surface area contributed by atoms with Crippen LogP contribution in [-0.4, -0.2) is 48.3 Å². The summed E-state index contributed by atoms with van der Waals surface area (Å²) in [5.74, 6) is 0.0919. The van der Waals surface area contributed by atoms with Gasteiger partial charge in [0.05, 0.1) is 17.2 Å². The molecule has 2 fully saturated rings. The second kappa shape index (κ2) is 10.4. The maximum absolute atomic E-state index is 11.4. The van der Waals surface area contributed by atoms with Crippen LogP contribution in [0.4, 0.5) is 0 Å². The zero-order valence-electron chi connectivity index (χ0n) is 14.6. The molecule has 3 rings (SSSR count). The van der Waals surface area contributed by atoms with Crippen molar-refractivity contribution in [1.29, 1.82) is 5.26 Å². The van der Waals surface area contributed by atoms with E-state index in [0.717, 1.165) is 64.0 Å². The van der Waals surface area contributed by atoms with Crippen LogP contribution in [-0.2, 0) is 0 Å². The van der Waals surface area contributed by atoms with Gasteiger partial charge in [0, 0.05) is 38.6 Å². The molecule has 1 saturated heterocycles. The third kappa shape index (κ3) is 5.57. The fraction of sp³-hybridized carbons (Fsp3) is 0.632. The Morgan fingerprint density at radius 3 is 2.48 bits per heavy atom. The molecule has 0 spiro atoms. The molecule has 1 saturated carbocycles. The van der Waals surface area contributed by atoms with Gasteiger partial charge < -0.3 is 15.3 Å². The molecule has 0 bridgehead atoms. The van der Waals surface area contributed by atoms with Crippen molar-refractivity contribution >= 4 is 24.8 Å². The van der Waals surface area contributed by atoms with E-state index >= 15 is 0 Å². The van der Waals surface area contributed by atoms with Gasteiger partial charge in [0.1, 0.15) is 0 Å². The molecule has 6 heteroatoms. The Balaban J connectivity index is 0.00000156. The van der Waals surface area contributed by atoms with Gasteiger partial charge in [-0.05, 0) is 30.5 Å². The van der Waals surface area contributed by atoms with Crippen molar-refractivity contribution in [3.63, 3.8) is 0 Å². The van der Waals surface area contributed by atoms with E-state index in [1.54, 1.807) is 0 Å². The number of halogens is 2. The van der Waals surface area contributed by atoms with Crippen molar-refractivity contribution in [2.75, 3.05) is 32.7 Å². The Kier molecular flexibility index (Phi) is 9.20. The lowest BCUT2D eigenvalue weighted by molar-refractivity contribution is -0.0316. The van der Waals surface area contributed by atoms with Crippen molar-refractivity contribution in [2.24, 2.45) is 0 Å². The molecule has 1 atom stereocenters. The molecule has 1 heterocycles. The first-order valence-corrected chi connectivity index (χ1v) is 8.87. The number of aliphatic hydroxyl groups is 1. The van der Waals surface area contributed by atoms with Crippen LogP contribution in [0.25, 0.3) is 0 Å². The Bertz CT molecular complexity index is 564. The van der Waals surface area contributed by atoms with Crippen LogP contribution in [0.15, 0.2) is 24.3 Å². The lowest BCUT2D eigenvalue weighted by Gasteiger charge is -2.42. The smallest absolute Gasteiger partial charge is 0.0991 e. The summed E-state index contributed by atoms with van der Waals surface area (Å²) in [6, 6.07) is 10.1. The lowest BCUT2D eigenvalue weighted by atomic mass is 9.72. The Morgan fingerprint density at radius 2 is 1.84 bits per heavy atom. The zero-order chi connectivity index (χ0) is 16.1. The molecule has 1 unspecified atom stereocenters. The predicted octanol–water partition coefficient (Wildman–Crippen LogP) is 3.09. The molecule has 2 N–H and O–H groups in total. The molecule has 0 radical (unpaired) electrons. The number of rotatable bonds is 4. The second-order valence-corrected chi connectivity index (χ2v) is 7.00. The fourth-order valence-electron chi connectivity index (χ4n) is 4.07. The molecular weight excluding hydrogens is 357 g/mol. The monoisotopic (exact) mass is 385 g/mol. The van der Waals surface area contributed by atoms with Crippen molar-refractivity contribution in [3.05, 3.63) is 35.4 Å². The molecule has 1 aromatic carbocycles. The van der Waals surface area contributed by atoms with E-state index < -0.39 is 5.60 Å². The molecule has 140 valence electrons. The summed E-state index contributed by atoms with van der Waals surface area (Å²) in [7, 11) is 0. The number of nitriles is 1. The third-order valence-electron chi connectivity index (χ3n) is 5.44. The minimum Gasteiger partial charge on any atom is -0.389 e. The van der Waals surface area contributed by atoms with E-state index in [-0.39, 0.29) is 30.7 Å². The van der Waals surface area contributed by atoms with Crippen LogP contribution in [0.3, 0.4) is 0 Å². The van der Waals surface area contributed by atoms with Gasteiger partial charge in [-0.1, -0.05) is 31.4 Å². The first-order chi connectivity index (χ1) is 11.2. The molecule has 1 aliphatic carbocycles. The van der Waals surface area contributed by atoms with Crippen LogP contribution in [0.2, 0.25) is 0 Å². The van der Waals surface area contributed by atoms with Gasteiger partial charge in [-0.3, -0.25) is 0 Å². The van der Waals surface area contributed by atoms with Gasteiger partial charge in [-0.25, -0.2) is 0 Å². The summed E-state index contributed by atoms with van der Waals surface area (Å²) in [5.41, 5.74) is 1.18. The zero-order valence-corrected chi connectivity index (χ0v) is 16.2. The largest absolute Gasteiger partial charge is 0.389 e. The SMILES string of the molecule is Cl.Cl.N#Cc1cccc(C(CN2CCNCC2)C2(O)CCCCC2)c1. The summed E-state index contributed by atoms with van der Waals surface area (Å²) < 4.78 is 0. The van der Waals surface area contributed by atoms with E-state index in [4.69, 9.17) is 0 Å². The average Bonchev–Trinajstić information content (AvgIpc) is 2.61. The van der Waals surface area contributed by atoms with Crippen molar-refractivity contribution in [1.82, 2.24) is 10.2 Å². The summed E-state index contributed by atoms with van der Waals surface area (Å²) in [6.07, 6.45) is 5.18. The quantitative estimate of drug-likeness (QED) is 0.835. The number of nitrogens with one attached hydrogen (secondary N) is 1. The topological polar surface area (TPSA) is 59.3 Å². The molecular formula is C19H29Cl2N3O. The molecule has 4 nitrogen and oxygen atoms in total. The molecule has 25 heavy (non-hydrogen) atoms. The standard InChI is InChI=1S/C19H27N3O.2ClH/c20-14-16-5-4-6-17(13-16)18(15-22-11-9-21-10-12-22)19(23)7-2-1-3-8-19;;/h4-6,13,18,21,23H,1-3,7-12,15H2;2*1H. The Hall–Kier alpha value is -0.830. The maximum atomic E-state index is 11.4. The number of hydrogen-bond donors (Lipinski definition) is 2. The highest BCUT2D eigenvalue weighted by Crippen LogP contribution is 2.40. The van der Waals surface area contributed by atoms with Crippen molar-refractivity contribution in [2.45, 2.75) is 43.6 Å². The van der Waals surface area contributed by atoms with E-state index in [1.165, 1.54) is 6.42 Å². The van der Waals surface area contributed by atoms with Crippen LogP contribution in [0, 0.1) is 11.3 Å². The number of benzene rings is 1. The Morgan fingerprint density at radius 1 is 1.16 bits per heavy atom. The first-order valence-electron chi connectivity index (χ1n) is 8.87. The predicted molar refractivity (Wildman–Crippen MR) is 106 cm³/mol. The van der Waals surface area contributed by atoms with E-state index in [9.17, 15) is 10.4 Å². The Labute approximate surface area is 163 Å². The number of hydrogen-bond acceptors (Lipinski definition) is 4. The summed E-state index contributed by atoms with van der Waals surface area (Å²) in [6.45, 7) is 4.98. The normalized spacial score (nSPS) is 21.3. The van der Waals surface area contributed by atoms with Crippen LogP contribution >= 0.6 is 24.8 Å². The minimum atomic E-state index is -0.628. The third-order valence-corrected chi connectivity index (χ3v) is 5.44. The summed E-state index contributed by atoms with van der Waals surface area (Å²) in [5, 5.41) is 23.9. The molecule has 2 aliphatic rings. The van der Waals surface area contributed by atoms with E-state index in [2.05, 4.69) is 22.4 Å². The lowest BCUT2D eigenvalue weighted by Crippen LogP contribution is -2.49. The summed E-state index contributed by atoms with van der Waals surface area (Å²) in [4.78, 5) is 2.45. The highest BCUT2D eigenvalue weighted by atomic mass is 35.5. The number of piperazine rings is 1. The van der Waals surface area contributed by atoms with Gasteiger partial charge >= 0.3 is 0 Å². The van der Waals surface area contributed by atoms with E-state index in [1.807, 2.05) is 18.2 Å². The average molecular weight is 386 g/mol. The highest BCUT2D eigenvalue weighted by Gasteiger charge is 2.39. The van der Waals surface area contributed by atoms with E-state index in [0.29, 0.717) is 5.56 Å². The fourth-order valence-corrected chi connectivity index (χ4v) is 4.07. The van der Waals surface area contributed by atoms with Gasteiger partial charge in [0.2, 0.25) is 0 Å². The molecule has 1 aliphatic heterocycles. The van der Waals surface area contributed by atoms with Crippen molar-refractivity contribution < 1.29 is 5.11 Å². The summed E-state index contributed by atoms with van der Waals surface area (Å²) >= 11 is 0. The number of nitrogens with zero attached hydrogens (tertiary/aromatic N) is 2. The molecule has 0 amide bonds. The van der Waals surface area contributed by atoms with Crippen LogP contribution < -0.4 is 5.32 Å². The van der Waals surface area contributed by atoms with Crippen LogP contribution in [0.5, 0.6) is 0 Å².